The number of rotatable bonds is 3. The van der Waals surface area contributed by atoms with E-state index in [-0.39, 0.29) is 0 Å². The Hall–Kier alpha value is -1.02. The van der Waals surface area contributed by atoms with Crippen molar-refractivity contribution in [2.75, 3.05) is 20.2 Å². The van der Waals surface area contributed by atoms with E-state index in [1.165, 1.54) is 50.8 Å². The molecule has 0 spiro atoms. The first-order valence-electron chi connectivity index (χ1n) is 6.74. The number of likely N-dealkylation sites (tertiary alicyclic amines) is 1. The zero-order chi connectivity index (χ0) is 11.9. The SMILES string of the molecule is COc1ccc(CN2CCCCCCC2)cc1. The Labute approximate surface area is 105 Å². The molecular weight excluding hydrogens is 210 g/mol. The maximum absolute atomic E-state index is 5.18. The van der Waals surface area contributed by atoms with E-state index in [2.05, 4.69) is 29.2 Å². The van der Waals surface area contributed by atoms with Crippen molar-refractivity contribution in [3.05, 3.63) is 29.8 Å². The lowest BCUT2D eigenvalue weighted by Gasteiger charge is -2.24. The Balaban J connectivity index is 1.88. The Morgan fingerprint density at radius 1 is 0.941 bits per heavy atom. The van der Waals surface area contributed by atoms with Crippen molar-refractivity contribution in [3.63, 3.8) is 0 Å². The van der Waals surface area contributed by atoms with Crippen molar-refractivity contribution in [1.82, 2.24) is 4.90 Å². The van der Waals surface area contributed by atoms with Gasteiger partial charge >= 0.3 is 0 Å². The second-order valence-electron chi connectivity index (χ2n) is 4.89. The van der Waals surface area contributed by atoms with Crippen LogP contribution in [0.2, 0.25) is 0 Å². The lowest BCUT2D eigenvalue weighted by Crippen LogP contribution is -2.26. The molecule has 17 heavy (non-hydrogen) atoms. The molecular formula is C15H23NO. The zero-order valence-corrected chi connectivity index (χ0v) is 10.8. The summed E-state index contributed by atoms with van der Waals surface area (Å²) in [6.45, 7) is 3.60. The van der Waals surface area contributed by atoms with E-state index < -0.39 is 0 Å². The molecule has 94 valence electrons. The monoisotopic (exact) mass is 233 g/mol. The molecule has 0 unspecified atom stereocenters. The van der Waals surface area contributed by atoms with E-state index >= 15 is 0 Å². The highest BCUT2D eigenvalue weighted by Crippen LogP contribution is 2.16. The van der Waals surface area contributed by atoms with Crippen molar-refractivity contribution >= 4 is 0 Å². The minimum absolute atomic E-state index is 0.946. The van der Waals surface area contributed by atoms with Gasteiger partial charge < -0.3 is 4.74 Å². The van der Waals surface area contributed by atoms with Crippen molar-refractivity contribution in [3.8, 4) is 5.75 Å². The van der Waals surface area contributed by atoms with Gasteiger partial charge in [0, 0.05) is 6.54 Å². The summed E-state index contributed by atoms with van der Waals surface area (Å²) < 4.78 is 5.18. The summed E-state index contributed by atoms with van der Waals surface area (Å²) in [6, 6.07) is 8.47. The predicted molar refractivity (Wildman–Crippen MR) is 71.4 cm³/mol. The zero-order valence-electron chi connectivity index (χ0n) is 10.8. The minimum atomic E-state index is 0.946. The number of benzene rings is 1. The molecule has 0 aliphatic carbocycles. The third-order valence-electron chi connectivity index (χ3n) is 3.51. The Kier molecular flexibility index (Phi) is 4.87. The summed E-state index contributed by atoms with van der Waals surface area (Å²) in [5.41, 5.74) is 1.39. The predicted octanol–water partition coefficient (Wildman–Crippen LogP) is 3.46. The van der Waals surface area contributed by atoms with Crippen LogP contribution in [0.25, 0.3) is 0 Å². The van der Waals surface area contributed by atoms with Crippen LogP contribution in [0, 0.1) is 0 Å². The van der Waals surface area contributed by atoms with Crippen molar-refractivity contribution in [1.29, 1.82) is 0 Å². The molecule has 1 aromatic carbocycles. The second-order valence-corrected chi connectivity index (χ2v) is 4.89. The summed E-state index contributed by atoms with van der Waals surface area (Å²) in [7, 11) is 1.72. The third kappa shape index (κ3) is 4.04. The standard InChI is InChI=1S/C15H23NO/c1-17-15-9-7-14(8-10-15)13-16-11-5-3-2-4-6-12-16/h7-10H,2-6,11-13H2,1H3. The van der Waals surface area contributed by atoms with Gasteiger partial charge in [-0.15, -0.1) is 0 Å². The fraction of sp³-hybridized carbons (Fsp3) is 0.600. The molecule has 0 atom stereocenters. The van der Waals surface area contributed by atoms with Gasteiger partial charge in [0.15, 0.2) is 0 Å². The highest BCUT2D eigenvalue weighted by Gasteiger charge is 2.08. The van der Waals surface area contributed by atoms with Gasteiger partial charge in [0.05, 0.1) is 7.11 Å². The molecule has 2 heteroatoms. The number of hydrogen-bond donors (Lipinski definition) is 0. The summed E-state index contributed by atoms with van der Waals surface area (Å²) in [4.78, 5) is 2.58. The van der Waals surface area contributed by atoms with Crippen LogP contribution in [0.4, 0.5) is 0 Å². The molecule has 0 saturated carbocycles. The molecule has 1 saturated heterocycles. The van der Waals surface area contributed by atoms with Gasteiger partial charge in [0.1, 0.15) is 5.75 Å². The van der Waals surface area contributed by atoms with E-state index in [0.29, 0.717) is 0 Å². The quantitative estimate of drug-likeness (QED) is 0.792. The van der Waals surface area contributed by atoms with Gasteiger partial charge in [-0.3, -0.25) is 4.90 Å². The maximum Gasteiger partial charge on any atom is 0.118 e. The van der Waals surface area contributed by atoms with Gasteiger partial charge in [0.25, 0.3) is 0 Å². The molecule has 0 N–H and O–H groups in total. The summed E-state index contributed by atoms with van der Waals surface area (Å²) in [6.07, 6.45) is 6.95. The lowest BCUT2D eigenvalue weighted by molar-refractivity contribution is 0.240. The summed E-state index contributed by atoms with van der Waals surface area (Å²) in [5.74, 6) is 0.946. The molecule has 1 aliphatic rings. The van der Waals surface area contributed by atoms with Gasteiger partial charge in [0.2, 0.25) is 0 Å². The molecule has 0 amide bonds. The molecule has 2 nitrogen and oxygen atoms in total. The first-order valence-corrected chi connectivity index (χ1v) is 6.74. The van der Waals surface area contributed by atoms with Gasteiger partial charge in [-0.25, -0.2) is 0 Å². The van der Waals surface area contributed by atoms with Crippen molar-refractivity contribution < 1.29 is 4.74 Å². The Morgan fingerprint density at radius 3 is 2.12 bits per heavy atom. The smallest absolute Gasteiger partial charge is 0.118 e. The van der Waals surface area contributed by atoms with Crippen LogP contribution in [0.5, 0.6) is 5.75 Å². The lowest BCUT2D eigenvalue weighted by atomic mass is 10.1. The molecule has 0 radical (unpaired) electrons. The highest BCUT2D eigenvalue weighted by molar-refractivity contribution is 5.27. The molecule has 0 bridgehead atoms. The highest BCUT2D eigenvalue weighted by atomic mass is 16.5. The third-order valence-corrected chi connectivity index (χ3v) is 3.51. The van der Waals surface area contributed by atoms with Crippen LogP contribution >= 0.6 is 0 Å². The molecule has 2 rings (SSSR count). The van der Waals surface area contributed by atoms with Crippen LogP contribution in [0.3, 0.4) is 0 Å². The first kappa shape index (κ1) is 12.4. The van der Waals surface area contributed by atoms with E-state index in [1.807, 2.05) is 0 Å². The van der Waals surface area contributed by atoms with Gasteiger partial charge in [-0.2, -0.15) is 0 Å². The summed E-state index contributed by atoms with van der Waals surface area (Å²) in [5, 5.41) is 0. The van der Waals surface area contributed by atoms with E-state index in [4.69, 9.17) is 4.74 Å². The minimum Gasteiger partial charge on any atom is -0.497 e. The van der Waals surface area contributed by atoms with Crippen LogP contribution < -0.4 is 4.74 Å². The maximum atomic E-state index is 5.18. The Bertz CT molecular complexity index is 312. The van der Waals surface area contributed by atoms with Crippen molar-refractivity contribution in [2.24, 2.45) is 0 Å². The first-order chi connectivity index (χ1) is 8.38. The van der Waals surface area contributed by atoms with E-state index in [0.717, 1.165) is 12.3 Å². The largest absolute Gasteiger partial charge is 0.497 e. The Morgan fingerprint density at radius 2 is 1.53 bits per heavy atom. The topological polar surface area (TPSA) is 12.5 Å². The average Bonchev–Trinajstić information content (AvgIpc) is 2.33. The second kappa shape index (κ2) is 6.65. The normalized spacial score (nSPS) is 18.4. The molecule has 1 fully saturated rings. The average molecular weight is 233 g/mol. The van der Waals surface area contributed by atoms with Crippen LogP contribution in [0.15, 0.2) is 24.3 Å². The molecule has 0 aromatic heterocycles. The fourth-order valence-corrected chi connectivity index (χ4v) is 2.46. The number of ether oxygens (including phenoxy) is 1. The number of nitrogens with zero attached hydrogens (tertiary/aromatic N) is 1. The molecule has 1 heterocycles. The van der Waals surface area contributed by atoms with Gasteiger partial charge in [-0.1, -0.05) is 31.4 Å². The van der Waals surface area contributed by atoms with E-state index in [1.54, 1.807) is 7.11 Å². The fourth-order valence-electron chi connectivity index (χ4n) is 2.46. The van der Waals surface area contributed by atoms with Crippen LogP contribution in [0.1, 0.15) is 37.7 Å². The molecule has 1 aliphatic heterocycles. The van der Waals surface area contributed by atoms with Crippen molar-refractivity contribution in [2.45, 2.75) is 38.6 Å². The number of hydrogen-bond acceptors (Lipinski definition) is 2. The van der Waals surface area contributed by atoms with Crippen LogP contribution in [-0.4, -0.2) is 25.1 Å². The number of methoxy groups -OCH3 is 1. The van der Waals surface area contributed by atoms with Crippen LogP contribution in [-0.2, 0) is 6.54 Å². The van der Waals surface area contributed by atoms with Gasteiger partial charge in [-0.05, 0) is 43.6 Å². The molecule has 1 aromatic rings. The summed E-state index contributed by atoms with van der Waals surface area (Å²) >= 11 is 0. The van der Waals surface area contributed by atoms with E-state index in [9.17, 15) is 0 Å².